The summed E-state index contributed by atoms with van der Waals surface area (Å²) in [4.78, 5) is 34.6. The molecule has 1 saturated heterocycles. The number of nitrogens with zero attached hydrogens (tertiary/aromatic N) is 3. The number of H-pyrrole nitrogens is 1. The molecular formula is C29H34N4O5. The van der Waals surface area contributed by atoms with Crippen molar-refractivity contribution in [3.8, 4) is 11.5 Å². The second kappa shape index (κ2) is 10.0. The molecule has 2 aromatic carbocycles. The zero-order chi connectivity index (χ0) is 27.1. The van der Waals surface area contributed by atoms with Gasteiger partial charge in [0, 0.05) is 36.8 Å². The highest BCUT2D eigenvalue weighted by Crippen LogP contribution is 2.40. The van der Waals surface area contributed by atoms with Gasteiger partial charge in [0.15, 0.2) is 11.5 Å². The van der Waals surface area contributed by atoms with Crippen LogP contribution in [0.4, 0.5) is 5.69 Å². The summed E-state index contributed by atoms with van der Waals surface area (Å²) < 4.78 is 13.9. The van der Waals surface area contributed by atoms with E-state index in [1.54, 1.807) is 0 Å². The molecule has 0 spiro atoms. The summed E-state index contributed by atoms with van der Waals surface area (Å²) in [5, 5.41) is 10.8. The van der Waals surface area contributed by atoms with Crippen LogP contribution in [0, 0.1) is 6.92 Å². The molecule has 0 aliphatic carbocycles. The van der Waals surface area contributed by atoms with Crippen molar-refractivity contribution in [2.24, 2.45) is 0 Å². The van der Waals surface area contributed by atoms with E-state index in [-0.39, 0.29) is 29.5 Å². The lowest BCUT2D eigenvalue weighted by molar-refractivity contribution is 0.0697. The molecule has 1 fully saturated rings. The van der Waals surface area contributed by atoms with E-state index in [2.05, 4.69) is 14.9 Å². The standard InChI is InChI=1S/C29H34N4O5/c1-16(2)37-25-13-20-22(14-26(25)38-17(3)4)30-15-21(28(34)35)27(20)32-10-8-19(9-11-32)33-24-7-6-18(5)12-23(24)31-29(33)36/h6-7,12-17,19H,8-11H2,1-5H3,(H,31,36)(H,34,35). The number of benzene rings is 2. The largest absolute Gasteiger partial charge is 0.487 e. The van der Waals surface area contributed by atoms with E-state index in [4.69, 9.17) is 9.47 Å². The molecule has 9 heteroatoms. The van der Waals surface area contributed by atoms with Gasteiger partial charge in [0.1, 0.15) is 5.56 Å². The van der Waals surface area contributed by atoms with Gasteiger partial charge in [-0.2, -0.15) is 0 Å². The fourth-order valence-electron chi connectivity index (χ4n) is 5.33. The summed E-state index contributed by atoms with van der Waals surface area (Å²) in [6.07, 6.45) is 2.67. The summed E-state index contributed by atoms with van der Waals surface area (Å²) >= 11 is 0. The highest BCUT2D eigenvalue weighted by atomic mass is 16.5. The smallest absolute Gasteiger partial charge is 0.339 e. The number of imidazole rings is 1. The number of hydrogen-bond donors (Lipinski definition) is 2. The van der Waals surface area contributed by atoms with Crippen LogP contribution in [-0.2, 0) is 0 Å². The SMILES string of the molecule is Cc1ccc2c(c1)[nH]c(=O)n2C1CCN(c2c(C(=O)O)cnc3cc(OC(C)C)c(OC(C)C)cc23)CC1. The normalized spacial score (nSPS) is 14.7. The Bertz CT molecular complexity index is 1560. The Hall–Kier alpha value is -4.01. The third-order valence-electron chi connectivity index (χ3n) is 6.88. The van der Waals surface area contributed by atoms with Gasteiger partial charge in [-0.05, 0) is 71.2 Å². The number of anilines is 1. The topological polar surface area (TPSA) is 110 Å². The number of fused-ring (bicyclic) bond motifs is 2. The van der Waals surface area contributed by atoms with Gasteiger partial charge in [0.2, 0.25) is 0 Å². The maximum Gasteiger partial charge on any atom is 0.339 e. The molecule has 3 heterocycles. The summed E-state index contributed by atoms with van der Waals surface area (Å²) in [7, 11) is 0. The number of aryl methyl sites for hydroxylation is 1. The van der Waals surface area contributed by atoms with Gasteiger partial charge in [0.25, 0.3) is 0 Å². The molecule has 4 aromatic rings. The molecule has 0 radical (unpaired) electrons. The Morgan fingerprint density at radius 3 is 2.34 bits per heavy atom. The van der Waals surface area contributed by atoms with Crippen molar-refractivity contribution in [3.63, 3.8) is 0 Å². The molecule has 38 heavy (non-hydrogen) atoms. The number of nitrogens with one attached hydrogen (secondary N) is 1. The van der Waals surface area contributed by atoms with Crippen molar-refractivity contribution >= 4 is 33.6 Å². The van der Waals surface area contributed by atoms with Crippen molar-refractivity contribution in [1.29, 1.82) is 0 Å². The number of carbonyl (C=O) groups is 1. The highest BCUT2D eigenvalue weighted by Gasteiger charge is 2.28. The number of aromatic carboxylic acids is 1. The first-order valence-electron chi connectivity index (χ1n) is 13.1. The van der Waals surface area contributed by atoms with Crippen molar-refractivity contribution in [2.75, 3.05) is 18.0 Å². The van der Waals surface area contributed by atoms with Gasteiger partial charge in [-0.3, -0.25) is 9.55 Å². The Morgan fingerprint density at radius 1 is 1.05 bits per heavy atom. The molecule has 0 amide bonds. The summed E-state index contributed by atoms with van der Waals surface area (Å²) in [5.74, 6) is 0.103. The average molecular weight is 519 g/mol. The first-order chi connectivity index (χ1) is 18.1. The fourth-order valence-corrected chi connectivity index (χ4v) is 5.33. The molecule has 9 nitrogen and oxygen atoms in total. The Kier molecular flexibility index (Phi) is 6.77. The molecule has 5 rings (SSSR count). The zero-order valence-electron chi connectivity index (χ0n) is 22.4. The van der Waals surface area contributed by atoms with E-state index >= 15 is 0 Å². The average Bonchev–Trinajstić information content (AvgIpc) is 3.17. The van der Waals surface area contributed by atoms with Gasteiger partial charge >= 0.3 is 11.7 Å². The number of aromatic amines is 1. The maximum absolute atomic E-state index is 12.8. The van der Waals surface area contributed by atoms with E-state index in [9.17, 15) is 14.7 Å². The van der Waals surface area contributed by atoms with Gasteiger partial charge in [-0.15, -0.1) is 0 Å². The number of pyridine rings is 1. The molecule has 2 aromatic heterocycles. The second-order valence-electron chi connectivity index (χ2n) is 10.5. The van der Waals surface area contributed by atoms with E-state index in [0.29, 0.717) is 54.0 Å². The molecule has 0 unspecified atom stereocenters. The van der Waals surface area contributed by atoms with Crippen LogP contribution in [0.25, 0.3) is 21.9 Å². The zero-order valence-corrected chi connectivity index (χ0v) is 22.4. The number of hydrogen-bond acceptors (Lipinski definition) is 6. The van der Waals surface area contributed by atoms with E-state index in [1.807, 2.05) is 69.5 Å². The predicted molar refractivity (Wildman–Crippen MR) is 148 cm³/mol. The fraction of sp³-hybridized carbons (Fsp3) is 0.414. The van der Waals surface area contributed by atoms with Crippen LogP contribution in [0.2, 0.25) is 0 Å². The number of piperidine rings is 1. The minimum absolute atomic E-state index is 0.0162. The van der Waals surface area contributed by atoms with Crippen LogP contribution < -0.4 is 20.1 Å². The molecule has 200 valence electrons. The van der Waals surface area contributed by atoms with E-state index in [1.165, 1.54) is 6.20 Å². The first-order valence-corrected chi connectivity index (χ1v) is 13.1. The number of rotatable bonds is 7. The summed E-state index contributed by atoms with van der Waals surface area (Å²) in [6.45, 7) is 11.0. The summed E-state index contributed by atoms with van der Waals surface area (Å²) in [6, 6.07) is 9.67. The van der Waals surface area contributed by atoms with Crippen LogP contribution in [0.5, 0.6) is 11.5 Å². The van der Waals surface area contributed by atoms with Crippen molar-refractivity contribution in [3.05, 3.63) is 58.1 Å². The number of carboxylic acids is 1. The third kappa shape index (κ3) is 4.80. The quantitative estimate of drug-likeness (QED) is 0.342. The molecular weight excluding hydrogens is 484 g/mol. The minimum atomic E-state index is -1.03. The van der Waals surface area contributed by atoms with Gasteiger partial charge < -0.3 is 24.5 Å². The Morgan fingerprint density at radius 2 is 1.71 bits per heavy atom. The number of aromatic nitrogens is 3. The van der Waals surface area contributed by atoms with Gasteiger partial charge in [-0.1, -0.05) is 6.07 Å². The first kappa shape index (κ1) is 25.6. The Balaban J connectivity index is 1.53. The Labute approximate surface area is 221 Å². The van der Waals surface area contributed by atoms with Crippen LogP contribution in [0.1, 0.15) is 62.5 Å². The van der Waals surface area contributed by atoms with E-state index < -0.39 is 5.97 Å². The van der Waals surface area contributed by atoms with Crippen LogP contribution >= 0.6 is 0 Å². The number of ether oxygens (including phenoxy) is 2. The number of carboxylic acid groups (broad SMARTS) is 1. The van der Waals surface area contributed by atoms with Crippen LogP contribution in [0.3, 0.4) is 0 Å². The van der Waals surface area contributed by atoms with E-state index in [0.717, 1.165) is 16.6 Å². The molecule has 0 saturated carbocycles. The second-order valence-corrected chi connectivity index (χ2v) is 10.5. The maximum atomic E-state index is 12.8. The van der Waals surface area contributed by atoms with Gasteiger partial charge in [-0.25, -0.2) is 9.59 Å². The monoisotopic (exact) mass is 518 g/mol. The van der Waals surface area contributed by atoms with Crippen molar-refractivity contribution < 1.29 is 19.4 Å². The van der Waals surface area contributed by atoms with Crippen molar-refractivity contribution in [2.45, 2.75) is 65.7 Å². The molecule has 1 aliphatic rings. The lowest BCUT2D eigenvalue weighted by Gasteiger charge is -2.35. The molecule has 0 bridgehead atoms. The highest BCUT2D eigenvalue weighted by molar-refractivity contribution is 6.05. The van der Waals surface area contributed by atoms with Crippen LogP contribution in [-0.4, -0.2) is 50.9 Å². The third-order valence-corrected chi connectivity index (χ3v) is 6.88. The predicted octanol–water partition coefficient (Wildman–Crippen LogP) is 5.30. The summed E-state index contributed by atoms with van der Waals surface area (Å²) in [5.41, 5.74) is 4.11. The van der Waals surface area contributed by atoms with Crippen LogP contribution in [0.15, 0.2) is 41.3 Å². The lowest BCUT2D eigenvalue weighted by atomic mass is 10.0. The van der Waals surface area contributed by atoms with Crippen molar-refractivity contribution in [1.82, 2.24) is 14.5 Å². The lowest BCUT2D eigenvalue weighted by Crippen LogP contribution is -2.37. The molecule has 0 atom stereocenters. The minimum Gasteiger partial charge on any atom is -0.487 e. The molecule has 2 N–H and O–H groups in total. The van der Waals surface area contributed by atoms with Gasteiger partial charge in [0.05, 0.1) is 34.4 Å². The molecule has 1 aliphatic heterocycles.